The molecule has 12 heteroatoms. The molecule has 0 bridgehead atoms. The van der Waals surface area contributed by atoms with Crippen molar-refractivity contribution in [3.63, 3.8) is 0 Å². The Labute approximate surface area is 200 Å². The van der Waals surface area contributed by atoms with Crippen LogP contribution in [0.4, 0.5) is 14.5 Å². The molecule has 0 amide bonds. The van der Waals surface area contributed by atoms with Gasteiger partial charge >= 0.3 is 0 Å². The van der Waals surface area contributed by atoms with Gasteiger partial charge in [-0.3, -0.25) is 0 Å². The molecule has 0 aliphatic rings. The van der Waals surface area contributed by atoms with Crippen molar-refractivity contribution in [1.29, 1.82) is 0 Å². The second-order valence-electron chi connectivity index (χ2n) is 7.41. The van der Waals surface area contributed by atoms with Crippen LogP contribution >= 0.6 is 0 Å². The quantitative estimate of drug-likeness (QED) is 0.374. The summed E-state index contributed by atoms with van der Waals surface area (Å²) in [7, 11) is -7.47. The van der Waals surface area contributed by atoms with Gasteiger partial charge in [-0.05, 0) is 50.4 Å². The normalized spacial score (nSPS) is 12.0. The van der Waals surface area contributed by atoms with E-state index < -0.39 is 48.0 Å². The van der Waals surface area contributed by atoms with Gasteiger partial charge in [0.15, 0.2) is 11.6 Å². The summed E-state index contributed by atoms with van der Waals surface area (Å²) < 4.78 is 89.6. The maximum Gasteiger partial charge on any atom is 0.268 e. The standard InChI is InChI=1S/C23H17F2N3O5S2/c1-14-4-7-16(8-5-14)35(31,32)28-11-10-17-21(28)13-19(25)22(23(17)34(29,30)27-3)33-15-6-9-18(24)20(12-15)26-2/h4-13,27H,1,3H3. The highest BCUT2D eigenvalue weighted by molar-refractivity contribution is 7.90. The Hall–Kier alpha value is -3.79. The van der Waals surface area contributed by atoms with Gasteiger partial charge in [-0.1, -0.05) is 17.7 Å². The van der Waals surface area contributed by atoms with Crippen molar-refractivity contribution < 1.29 is 30.4 Å². The first-order chi connectivity index (χ1) is 16.5. The molecule has 1 heterocycles. The van der Waals surface area contributed by atoms with E-state index in [1.807, 2.05) is 0 Å². The smallest absolute Gasteiger partial charge is 0.268 e. The minimum atomic E-state index is -4.38. The number of aryl methyl sites for hydroxylation is 1. The van der Waals surface area contributed by atoms with Gasteiger partial charge in [0.2, 0.25) is 15.7 Å². The van der Waals surface area contributed by atoms with Crippen molar-refractivity contribution in [2.75, 3.05) is 7.05 Å². The summed E-state index contributed by atoms with van der Waals surface area (Å²) in [6.07, 6.45) is 1.12. The van der Waals surface area contributed by atoms with E-state index in [2.05, 4.69) is 9.57 Å². The molecule has 3 aromatic carbocycles. The molecule has 180 valence electrons. The maximum absolute atomic E-state index is 15.3. The second-order valence-corrected chi connectivity index (χ2v) is 11.1. The van der Waals surface area contributed by atoms with E-state index in [9.17, 15) is 21.2 Å². The molecular formula is C23H17F2N3O5S2. The van der Waals surface area contributed by atoms with Crippen LogP contribution in [0.5, 0.6) is 11.5 Å². The van der Waals surface area contributed by atoms with E-state index in [1.54, 1.807) is 19.1 Å². The third kappa shape index (κ3) is 4.25. The Morgan fingerprint density at radius 1 is 0.971 bits per heavy atom. The van der Waals surface area contributed by atoms with Crippen LogP contribution < -0.4 is 9.46 Å². The number of aromatic nitrogens is 1. The molecule has 0 aliphatic heterocycles. The lowest BCUT2D eigenvalue weighted by Gasteiger charge is -2.15. The van der Waals surface area contributed by atoms with Crippen LogP contribution in [-0.4, -0.2) is 27.9 Å². The van der Waals surface area contributed by atoms with Crippen molar-refractivity contribution in [2.45, 2.75) is 16.7 Å². The van der Waals surface area contributed by atoms with Gasteiger partial charge in [0.1, 0.15) is 16.5 Å². The van der Waals surface area contributed by atoms with Crippen LogP contribution in [0.25, 0.3) is 15.7 Å². The lowest BCUT2D eigenvalue weighted by molar-refractivity contribution is 0.429. The molecule has 4 rings (SSSR count). The number of ether oxygens (including phenoxy) is 1. The van der Waals surface area contributed by atoms with Crippen molar-refractivity contribution in [3.8, 4) is 11.5 Å². The third-order valence-electron chi connectivity index (χ3n) is 5.19. The Kier molecular flexibility index (Phi) is 6.10. The molecule has 35 heavy (non-hydrogen) atoms. The van der Waals surface area contributed by atoms with E-state index in [0.29, 0.717) is 0 Å². The lowest BCUT2D eigenvalue weighted by Crippen LogP contribution is -2.20. The summed E-state index contributed by atoms with van der Waals surface area (Å²) in [4.78, 5) is 2.27. The summed E-state index contributed by atoms with van der Waals surface area (Å²) >= 11 is 0. The Bertz CT molecular complexity index is 1720. The number of sulfonamides is 1. The molecule has 0 saturated carbocycles. The minimum Gasteiger partial charge on any atom is -0.454 e. The van der Waals surface area contributed by atoms with Gasteiger partial charge in [0.05, 0.1) is 17.0 Å². The molecule has 8 nitrogen and oxygen atoms in total. The number of nitrogens with zero attached hydrogens (tertiary/aromatic N) is 2. The zero-order valence-electron chi connectivity index (χ0n) is 18.3. The number of hydrogen-bond donors (Lipinski definition) is 1. The minimum absolute atomic E-state index is 0.0719. The first-order valence-corrected chi connectivity index (χ1v) is 12.9. The first-order valence-electron chi connectivity index (χ1n) is 9.94. The Morgan fingerprint density at radius 3 is 2.29 bits per heavy atom. The molecule has 0 radical (unpaired) electrons. The molecule has 1 N–H and O–H groups in total. The zero-order chi connectivity index (χ0) is 25.5. The predicted octanol–water partition coefficient (Wildman–Crippen LogP) is 4.72. The van der Waals surface area contributed by atoms with Crippen molar-refractivity contribution >= 4 is 36.6 Å². The zero-order valence-corrected chi connectivity index (χ0v) is 19.9. The molecule has 0 fully saturated rings. The van der Waals surface area contributed by atoms with Crippen molar-refractivity contribution in [3.05, 3.63) is 89.4 Å². The lowest BCUT2D eigenvalue weighted by atomic mass is 10.2. The highest BCUT2D eigenvalue weighted by Gasteiger charge is 2.30. The number of halogens is 2. The van der Waals surface area contributed by atoms with Crippen LogP contribution in [0.1, 0.15) is 5.56 Å². The maximum atomic E-state index is 15.3. The van der Waals surface area contributed by atoms with Gasteiger partial charge in [-0.25, -0.2) is 39.2 Å². The van der Waals surface area contributed by atoms with Crippen LogP contribution in [0, 0.1) is 25.1 Å². The average molecular weight is 518 g/mol. The van der Waals surface area contributed by atoms with Gasteiger partial charge in [0, 0.05) is 17.6 Å². The summed E-state index contributed by atoms with van der Waals surface area (Å²) in [5.74, 6) is -2.93. The van der Waals surface area contributed by atoms with Crippen LogP contribution in [-0.2, 0) is 20.0 Å². The number of benzene rings is 3. The highest BCUT2D eigenvalue weighted by atomic mass is 32.2. The fraction of sp³-hybridized carbons (Fsp3) is 0.0870. The average Bonchev–Trinajstić information content (AvgIpc) is 3.24. The second kappa shape index (κ2) is 8.77. The molecule has 0 spiro atoms. The van der Waals surface area contributed by atoms with E-state index in [-0.39, 0.29) is 21.5 Å². The first kappa shape index (κ1) is 24.3. The topological polar surface area (TPSA) is 98.8 Å². The fourth-order valence-electron chi connectivity index (χ4n) is 3.43. The van der Waals surface area contributed by atoms with E-state index in [0.717, 1.165) is 47.0 Å². The number of fused-ring (bicyclic) bond motifs is 1. The number of hydrogen-bond acceptors (Lipinski definition) is 5. The van der Waals surface area contributed by atoms with E-state index in [1.165, 1.54) is 18.2 Å². The molecule has 0 saturated heterocycles. The third-order valence-corrected chi connectivity index (χ3v) is 8.38. The Balaban J connectivity index is 1.97. The summed E-state index contributed by atoms with van der Waals surface area (Å²) in [5, 5.41) is -0.126. The van der Waals surface area contributed by atoms with Crippen molar-refractivity contribution in [2.24, 2.45) is 0 Å². The molecule has 0 unspecified atom stereocenters. The highest BCUT2D eigenvalue weighted by Crippen LogP contribution is 2.39. The van der Waals surface area contributed by atoms with Gasteiger partial charge in [0.25, 0.3) is 10.0 Å². The molecule has 0 aliphatic carbocycles. The predicted molar refractivity (Wildman–Crippen MR) is 125 cm³/mol. The molecule has 4 aromatic rings. The largest absolute Gasteiger partial charge is 0.454 e. The summed E-state index contributed by atoms with van der Waals surface area (Å²) in [6, 6.07) is 11.1. The van der Waals surface area contributed by atoms with Crippen molar-refractivity contribution in [1.82, 2.24) is 8.69 Å². The van der Waals surface area contributed by atoms with Crippen LogP contribution in [0.3, 0.4) is 0 Å². The monoisotopic (exact) mass is 517 g/mol. The van der Waals surface area contributed by atoms with Gasteiger partial charge < -0.3 is 4.74 Å². The molecule has 0 atom stereocenters. The summed E-state index contributed by atoms with van der Waals surface area (Å²) in [5.41, 5.74) is 0.196. The SMILES string of the molecule is [C-]#[N+]c1cc(Oc2c(F)cc3c(ccn3S(=O)(=O)c3ccc(C)cc3)c2S(=O)(=O)NC)ccc1F. The van der Waals surface area contributed by atoms with Gasteiger partial charge in [-0.2, -0.15) is 0 Å². The summed E-state index contributed by atoms with van der Waals surface area (Å²) in [6.45, 7) is 8.80. The Morgan fingerprint density at radius 2 is 1.66 bits per heavy atom. The van der Waals surface area contributed by atoms with Crippen LogP contribution in [0.15, 0.2) is 70.6 Å². The number of rotatable bonds is 6. The van der Waals surface area contributed by atoms with Crippen LogP contribution in [0.2, 0.25) is 0 Å². The number of nitrogens with one attached hydrogen (secondary N) is 1. The van der Waals surface area contributed by atoms with Gasteiger partial charge in [-0.15, -0.1) is 0 Å². The molecular weight excluding hydrogens is 500 g/mol. The van der Waals surface area contributed by atoms with E-state index >= 15 is 4.39 Å². The molecule has 1 aromatic heterocycles. The van der Waals surface area contributed by atoms with E-state index in [4.69, 9.17) is 11.3 Å². The fourth-order valence-corrected chi connectivity index (χ4v) is 5.82.